The monoisotopic (exact) mass is 265 g/mol. The van der Waals surface area contributed by atoms with Crippen molar-refractivity contribution in [2.75, 3.05) is 6.61 Å². The van der Waals surface area contributed by atoms with Crippen molar-refractivity contribution in [1.29, 1.82) is 0 Å². The average molecular weight is 265 g/mol. The lowest BCUT2D eigenvalue weighted by Gasteiger charge is -2.12. The maximum atomic E-state index is 11.5. The molecule has 1 unspecified atom stereocenters. The zero-order chi connectivity index (χ0) is 13.7. The second kappa shape index (κ2) is 6.70. The molecule has 106 valence electrons. The highest BCUT2D eigenvalue weighted by molar-refractivity contribution is 5.75. The van der Waals surface area contributed by atoms with Crippen LogP contribution in [0.2, 0.25) is 0 Å². The van der Waals surface area contributed by atoms with Crippen molar-refractivity contribution < 1.29 is 9.53 Å². The lowest BCUT2D eigenvalue weighted by Crippen LogP contribution is -2.35. The Morgan fingerprint density at radius 1 is 1.58 bits per heavy atom. The Kier molecular flexibility index (Phi) is 4.96. The van der Waals surface area contributed by atoms with Gasteiger partial charge in [-0.3, -0.25) is 14.8 Å². The summed E-state index contributed by atoms with van der Waals surface area (Å²) in [6.07, 6.45) is 7.11. The first-order chi connectivity index (χ1) is 9.20. The van der Waals surface area contributed by atoms with Crippen LogP contribution in [-0.2, 0) is 16.1 Å². The zero-order valence-corrected chi connectivity index (χ0v) is 11.8. The molecule has 0 radical (unpaired) electrons. The Labute approximate surface area is 114 Å². The van der Waals surface area contributed by atoms with Crippen molar-refractivity contribution in [3.8, 4) is 0 Å². The van der Waals surface area contributed by atoms with Gasteiger partial charge in [-0.2, -0.15) is 5.10 Å². The molecule has 0 amide bonds. The third-order valence-corrected chi connectivity index (χ3v) is 3.59. The van der Waals surface area contributed by atoms with Gasteiger partial charge in [-0.15, -0.1) is 0 Å². The second-order valence-electron chi connectivity index (χ2n) is 5.08. The molecule has 1 atom stereocenters. The third-order valence-electron chi connectivity index (χ3n) is 3.59. The number of ether oxygens (including phenoxy) is 1. The quantitative estimate of drug-likeness (QED) is 0.800. The van der Waals surface area contributed by atoms with Gasteiger partial charge < -0.3 is 4.74 Å². The summed E-state index contributed by atoms with van der Waals surface area (Å²) < 4.78 is 7.02. The van der Waals surface area contributed by atoms with Gasteiger partial charge in [0, 0.05) is 12.7 Å². The summed E-state index contributed by atoms with van der Waals surface area (Å²) in [5, 5.41) is 7.71. The summed E-state index contributed by atoms with van der Waals surface area (Å²) in [6, 6.07) is 2.29. The molecule has 0 bridgehead atoms. The van der Waals surface area contributed by atoms with Crippen LogP contribution < -0.4 is 5.32 Å². The third kappa shape index (κ3) is 3.80. The summed E-state index contributed by atoms with van der Waals surface area (Å²) >= 11 is 0. The van der Waals surface area contributed by atoms with Gasteiger partial charge in [-0.05, 0) is 32.8 Å². The van der Waals surface area contributed by atoms with Crippen LogP contribution in [-0.4, -0.2) is 28.4 Å². The summed E-state index contributed by atoms with van der Waals surface area (Å²) in [5.74, 6) is -0.210. The number of esters is 1. The first-order valence-electron chi connectivity index (χ1n) is 7.14. The molecule has 2 rings (SSSR count). The molecule has 1 aliphatic rings. The molecule has 5 nitrogen and oxygen atoms in total. The molecule has 0 spiro atoms. The number of hydrogen-bond donors (Lipinski definition) is 1. The van der Waals surface area contributed by atoms with Crippen LogP contribution >= 0.6 is 0 Å². The summed E-state index contributed by atoms with van der Waals surface area (Å²) in [7, 11) is 0. The highest BCUT2D eigenvalue weighted by atomic mass is 16.5. The molecule has 1 N–H and O–H groups in total. The second-order valence-corrected chi connectivity index (χ2v) is 5.08. The summed E-state index contributed by atoms with van der Waals surface area (Å²) in [4.78, 5) is 11.5. The maximum absolute atomic E-state index is 11.5. The Bertz CT molecular complexity index is 411. The molecule has 5 heteroatoms. The molecule has 1 saturated carbocycles. The van der Waals surface area contributed by atoms with E-state index in [9.17, 15) is 4.79 Å². The lowest BCUT2D eigenvalue weighted by molar-refractivity contribution is -0.145. The van der Waals surface area contributed by atoms with Crippen molar-refractivity contribution in [2.24, 2.45) is 0 Å². The summed E-state index contributed by atoms with van der Waals surface area (Å²) in [5.41, 5.74) is 0.975. The normalized spacial score (nSPS) is 17.6. The fraction of sp³-hybridized carbons (Fsp3) is 0.714. The van der Waals surface area contributed by atoms with Crippen molar-refractivity contribution in [3.05, 3.63) is 18.0 Å². The first kappa shape index (κ1) is 14.1. The van der Waals surface area contributed by atoms with E-state index in [0.717, 1.165) is 5.69 Å². The van der Waals surface area contributed by atoms with Crippen LogP contribution in [0.3, 0.4) is 0 Å². The predicted octanol–water partition coefficient (Wildman–Crippen LogP) is 2.04. The number of nitrogens with one attached hydrogen (secondary N) is 1. The molecule has 0 aliphatic heterocycles. The van der Waals surface area contributed by atoms with Crippen molar-refractivity contribution in [3.63, 3.8) is 0 Å². The molecular weight excluding hydrogens is 242 g/mol. The molecule has 0 aromatic carbocycles. The summed E-state index contributed by atoms with van der Waals surface area (Å²) in [6.45, 7) is 4.64. The number of nitrogens with zero attached hydrogens (tertiary/aromatic N) is 2. The van der Waals surface area contributed by atoms with Gasteiger partial charge >= 0.3 is 5.97 Å². The molecule has 1 fully saturated rings. The average Bonchev–Trinajstić information content (AvgIpc) is 3.06. The number of hydrogen-bond acceptors (Lipinski definition) is 4. The lowest BCUT2D eigenvalue weighted by atomic mass is 10.3. The van der Waals surface area contributed by atoms with Crippen molar-refractivity contribution >= 4 is 5.97 Å². The first-order valence-corrected chi connectivity index (χ1v) is 7.14. The van der Waals surface area contributed by atoms with Gasteiger partial charge in [-0.25, -0.2) is 0 Å². The van der Waals surface area contributed by atoms with Gasteiger partial charge in [-0.1, -0.05) is 12.8 Å². The van der Waals surface area contributed by atoms with Gasteiger partial charge in [0.25, 0.3) is 0 Å². The number of carbonyl (C=O) groups is 1. The fourth-order valence-electron chi connectivity index (χ4n) is 2.45. The van der Waals surface area contributed by atoms with E-state index >= 15 is 0 Å². The topological polar surface area (TPSA) is 56.1 Å². The van der Waals surface area contributed by atoms with Crippen LogP contribution in [0.1, 0.15) is 51.3 Å². The fourth-order valence-corrected chi connectivity index (χ4v) is 2.45. The largest absolute Gasteiger partial charge is 0.465 e. The number of aromatic nitrogens is 2. The molecule has 1 aliphatic carbocycles. The zero-order valence-electron chi connectivity index (χ0n) is 11.8. The van der Waals surface area contributed by atoms with Crippen LogP contribution in [0.5, 0.6) is 0 Å². The van der Waals surface area contributed by atoms with Gasteiger partial charge in [0.2, 0.25) is 0 Å². The molecule has 0 saturated heterocycles. The molecule has 1 aromatic rings. The van der Waals surface area contributed by atoms with Crippen molar-refractivity contribution in [1.82, 2.24) is 15.1 Å². The smallest absolute Gasteiger partial charge is 0.322 e. The van der Waals surface area contributed by atoms with E-state index in [1.54, 1.807) is 0 Å². The highest BCUT2D eigenvalue weighted by Crippen LogP contribution is 2.28. The van der Waals surface area contributed by atoms with E-state index in [2.05, 4.69) is 15.1 Å². The van der Waals surface area contributed by atoms with E-state index in [1.807, 2.05) is 26.1 Å². The van der Waals surface area contributed by atoms with Gasteiger partial charge in [0.1, 0.15) is 6.04 Å². The molecule has 1 heterocycles. The minimum absolute atomic E-state index is 0.210. The van der Waals surface area contributed by atoms with Crippen LogP contribution in [0.15, 0.2) is 12.3 Å². The number of rotatable bonds is 6. The van der Waals surface area contributed by atoms with Gasteiger partial charge in [0.05, 0.1) is 18.3 Å². The number of carbonyl (C=O) groups excluding carboxylic acids is 1. The highest BCUT2D eigenvalue weighted by Gasteiger charge is 2.18. The molecular formula is C14H23N3O2. The maximum Gasteiger partial charge on any atom is 0.322 e. The molecule has 1 aromatic heterocycles. The Hall–Kier alpha value is -1.36. The molecule has 19 heavy (non-hydrogen) atoms. The van der Waals surface area contributed by atoms with Crippen LogP contribution in [0.4, 0.5) is 0 Å². The van der Waals surface area contributed by atoms with E-state index in [-0.39, 0.29) is 12.0 Å². The van der Waals surface area contributed by atoms with E-state index < -0.39 is 0 Å². The standard InChI is InChI=1S/C14H23N3O2/c1-3-19-14(18)11(2)15-10-12-8-9-17(16-12)13-6-4-5-7-13/h8-9,11,13,15H,3-7,10H2,1-2H3. The van der Waals surface area contributed by atoms with E-state index in [4.69, 9.17) is 4.74 Å². The van der Waals surface area contributed by atoms with Crippen molar-refractivity contribution in [2.45, 2.75) is 58.2 Å². The van der Waals surface area contributed by atoms with Crippen LogP contribution in [0.25, 0.3) is 0 Å². The SMILES string of the molecule is CCOC(=O)C(C)NCc1ccn(C2CCCC2)n1. The Morgan fingerprint density at radius 3 is 3.00 bits per heavy atom. The Balaban J connectivity index is 1.81. The minimum atomic E-state index is -0.295. The van der Waals surface area contributed by atoms with Gasteiger partial charge in [0.15, 0.2) is 0 Å². The Morgan fingerprint density at radius 2 is 2.32 bits per heavy atom. The predicted molar refractivity (Wildman–Crippen MR) is 72.7 cm³/mol. The minimum Gasteiger partial charge on any atom is -0.465 e. The van der Waals surface area contributed by atoms with E-state index in [0.29, 0.717) is 19.2 Å². The van der Waals surface area contributed by atoms with E-state index in [1.165, 1.54) is 25.7 Å². The van der Waals surface area contributed by atoms with Crippen LogP contribution in [0, 0.1) is 0 Å².